The molecule has 0 aromatic heterocycles. The van der Waals surface area contributed by atoms with Gasteiger partial charge in [0.2, 0.25) is 0 Å². The molecule has 0 rings (SSSR count). The van der Waals surface area contributed by atoms with Crippen LogP contribution >= 0.6 is 0 Å². The fourth-order valence-corrected chi connectivity index (χ4v) is 0.174. The number of rotatable bonds is 2. The minimum absolute atomic E-state index is 0.264. The van der Waals surface area contributed by atoms with E-state index in [1.165, 1.54) is 0 Å². The molecule has 3 N–H and O–H groups in total. The van der Waals surface area contributed by atoms with Gasteiger partial charge in [0.05, 0.1) is 0 Å². The first kappa shape index (κ1) is 5.49. The number of hydrogen-bond acceptors (Lipinski definition) is 2. The predicted octanol–water partition coefficient (Wildman–Crippen LogP) is -1.36. The highest BCUT2D eigenvalue weighted by molar-refractivity contribution is 6.71. The first-order chi connectivity index (χ1) is 2.77. The minimum Gasteiger partial charge on any atom is -0.377 e. The molecule has 0 radical (unpaired) electrons. The summed E-state index contributed by atoms with van der Waals surface area (Å²) in [5.74, 6) is -0.322. The van der Waals surface area contributed by atoms with E-state index in [0.29, 0.717) is 0 Å². The monoisotopic (exact) mass is 86.1 g/mol. The fraction of sp³-hybridized carbons (Fsp3) is 0.500. The van der Waals surface area contributed by atoms with Crippen molar-refractivity contribution in [2.45, 2.75) is 0 Å². The lowest BCUT2D eigenvalue weighted by molar-refractivity contribution is 0.265. The summed E-state index contributed by atoms with van der Waals surface area (Å²) in [6.45, 7) is 0. The molecule has 0 atom stereocenters. The number of primary amides is 1. The van der Waals surface area contributed by atoms with E-state index in [0.717, 1.165) is 0 Å². The van der Waals surface area contributed by atoms with Crippen LogP contribution in [0.4, 0.5) is 4.79 Å². The van der Waals surface area contributed by atoms with Crippen molar-refractivity contribution in [2.75, 3.05) is 7.05 Å². The van der Waals surface area contributed by atoms with Gasteiger partial charge in [0.15, 0.2) is 5.81 Å². The maximum atomic E-state index is 9.76. The highest BCUT2D eigenvalue weighted by atomic mass is 16.1. The second-order valence-electron chi connectivity index (χ2n) is 0.997. The highest BCUT2D eigenvalue weighted by Crippen LogP contribution is 1.47. The Labute approximate surface area is 37.2 Å². The zero-order valence-corrected chi connectivity index (χ0v) is 3.69. The molecule has 0 aromatic carbocycles. The van der Waals surface area contributed by atoms with Gasteiger partial charge >= 0.3 is 7.41 Å². The largest absolute Gasteiger partial charge is 0.377 e. The van der Waals surface area contributed by atoms with E-state index in [2.05, 4.69) is 5.23 Å². The Hall–Kier alpha value is -0.505. The van der Waals surface area contributed by atoms with Crippen LogP contribution in [0.1, 0.15) is 0 Å². The first-order valence-corrected chi connectivity index (χ1v) is 1.70. The Morgan fingerprint density at radius 2 is 2.50 bits per heavy atom. The zero-order valence-electron chi connectivity index (χ0n) is 3.69. The summed E-state index contributed by atoms with van der Waals surface area (Å²) < 4.78 is 0. The van der Waals surface area contributed by atoms with Crippen LogP contribution in [0.15, 0.2) is 0 Å². The number of carbonyl (C=O) groups excluding carboxylic acids is 1. The standard InChI is InChI=1S/C2H7BN2O/c1-5-3-2(4)6/h3,5H,1H3,(H2,4,6). The van der Waals surface area contributed by atoms with Crippen LogP contribution in [0.5, 0.6) is 0 Å². The van der Waals surface area contributed by atoms with E-state index in [1.807, 2.05) is 0 Å². The lowest BCUT2D eigenvalue weighted by atomic mass is 9.95. The average Bonchev–Trinajstić information content (AvgIpc) is 1.35. The van der Waals surface area contributed by atoms with Gasteiger partial charge in [-0.3, -0.25) is 4.79 Å². The van der Waals surface area contributed by atoms with Crippen molar-refractivity contribution in [3.05, 3.63) is 0 Å². The van der Waals surface area contributed by atoms with Crippen molar-refractivity contribution in [1.29, 1.82) is 0 Å². The molecule has 0 aromatic rings. The van der Waals surface area contributed by atoms with Crippen LogP contribution in [0.2, 0.25) is 0 Å². The van der Waals surface area contributed by atoms with Gasteiger partial charge in [-0.15, -0.1) is 0 Å². The molecule has 0 unspecified atom stereocenters. The zero-order chi connectivity index (χ0) is 4.99. The SMILES string of the molecule is CNBC(N)=O. The van der Waals surface area contributed by atoms with E-state index in [9.17, 15) is 4.79 Å². The van der Waals surface area contributed by atoms with E-state index in [-0.39, 0.29) is 13.2 Å². The van der Waals surface area contributed by atoms with Gasteiger partial charge in [-0.25, -0.2) is 0 Å². The molecule has 34 valence electrons. The van der Waals surface area contributed by atoms with Gasteiger partial charge < -0.3 is 11.0 Å². The fourth-order valence-electron chi connectivity index (χ4n) is 0.174. The van der Waals surface area contributed by atoms with Crippen LogP contribution < -0.4 is 11.0 Å². The van der Waals surface area contributed by atoms with Crippen molar-refractivity contribution >= 4 is 13.2 Å². The second kappa shape index (κ2) is 2.72. The Morgan fingerprint density at radius 1 is 2.00 bits per heavy atom. The van der Waals surface area contributed by atoms with Crippen LogP contribution in [-0.2, 0) is 0 Å². The van der Waals surface area contributed by atoms with Gasteiger partial charge in [0.25, 0.3) is 0 Å². The van der Waals surface area contributed by atoms with Crippen LogP contribution in [0, 0.1) is 0 Å². The summed E-state index contributed by atoms with van der Waals surface area (Å²) in [4.78, 5) is 9.76. The third-order valence-corrected chi connectivity index (χ3v) is 0.351. The molecule has 3 nitrogen and oxygen atoms in total. The Balaban J connectivity index is 2.83. The van der Waals surface area contributed by atoms with Crippen molar-refractivity contribution in [3.8, 4) is 0 Å². The van der Waals surface area contributed by atoms with Crippen LogP contribution in [0.25, 0.3) is 0 Å². The molecule has 0 aliphatic heterocycles. The molecule has 4 heteroatoms. The molecule has 0 aliphatic rings. The number of nitrogens with one attached hydrogen (secondary N) is 1. The molecular weight excluding hydrogens is 78.8 g/mol. The van der Waals surface area contributed by atoms with Gasteiger partial charge in [-0.1, -0.05) is 0 Å². The Kier molecular flexibility index (Phi) is 2.49. The number of amides is 1. The molecule has 1 amide bonds. The molecule has 0 bridgehead atoms. The van der Waals surface area contributed by atoms with Crippen molar-refractivity contribution in [1.82, 2.24) is 5.23 Å². The number of carbonyl (C=O) groups is 1. The van der Waals surface area contributed by atoms with Crippen molar-refractivity contribution in [3.63, 3.8) is 0 Å². The van der Waals surface area contributed by atoms with Gasteiger partial charge in [0.1, 0.15) is 0 Å². The van der Waals surface area contributed by atoms with Gasteiger partial charge in [-0.05, 0) is 7.05 Å². The molecule has 0 heterocycles. The van der Waals surface area contributed by atoms with Gasteiger partial charge in [-0.2, -0.15) is 0 Å². The predicted molar refractivity (Wildman–Crippen MR) is 25.8 cm³/mol. The summed E-state index contributed by atoms with van der Waals surface area (Å²) in [6.07, 6.45) is 0. The molecular formula is C2H7BN2O. The minimum atomic E-state index is -0.322. The second-order valence-corrected chi connectivity index (χ2v) is 0.997. The first-order valence-electron chi connectivity index (χ1n) is 1.70. The topological polar surface area (TPSA) is 55.1 Å². The van der Waals surface area contributed by atoms with Gasteiger partial charge in [0, 0.05) is 0 Å². The quantitative estimate of drug-likeness (QED) is 0.407. The maximum absolute atomic E-state index is 9.76. The molecule has 0 saturated carbocycles. The smallest absolute Gasteiger partial charge is 0.311 e. The highest BCUT2D eigenvalue weighted by Gasteiger charge is 1.88. The molecule has 0 fully saturated rings. The lowest BCUT2D eigenvalue weighted by Crippen LogP contribution is -2.28. The maximum Gasteiger partial charge on any atom is 0.311 e. The molecule has 6 heavy (non-hydrogen) atoms. The Morgan fingerprint density at radius 3 is 2.50 bits per heavy atom. The van der Waals surface area contributed by atoms with E-state index in [4.69, 9.17) is 5.73 Å². The number of hydrogen-bond donors (Lipinski definition) is 2. The lowest BCUT2D eigenvalue weighted by Gasteiger charge is -1.82. The van der Waals surface area contributed by atoms with E-state index >= 15 is 0 Å². The molecule has 0 spiro atoms. The number of nitrogens with two attached hydrogens (primary N) is 1. The third-order valence-electron chi connectivity index (χ3n) is 0.351. The average molecular weight is 85.9 g/mol. The van der Waals surface area contributed by atoms with E-state index in [1.54, 1.807) is 7.05 Å². The summed E-state index contributed by atoms with van der Waals surface area (Å²) in [5, 5.41) is 2.59. The summed E-state index contributed by atoms with van der Waals surface area (Å²) in [6, 6.07) is 0. The van der Waals surface area contributed by atoms with Crippen molar-refractivity contribution < 1.29 is 4.79 Å². The summed E-state index contributed by atoms with van der Waals surface area (Å²) >= 11 is 0. The van der Waals surface area contributed by atoms with Crippen LogP contribution in [-0.4, -0.2) is 20.3 Å². The normalized spacial score (nSPS) is 7.50. The van der Waals surface area contributed by atoms with E-state index < -0.39 is 0 Å². The third kappa shape index (κ3) is 3.49. The Bertz CT molecular complexity index is 55.5. The van der Waals surface area contributed by atoms with Crippen molar-refractivity contribution in [2.24, 2.45) is 5.73 Å². The molecule has 0 aliphatic carbocycles. The summed E-state index contributed by atoms with van der Waals surface area (Å²) in [5.41, 5.74) is 4.70. The summed E-state index contributed by atoms with van der Waals surface area (Å²) in [7, 11) is 1.94. The van der Waals surface area contributed by atoms with Crippen LogP contribution in [0.3, 0.4) is 0 Å². The molecule has 0 saturated heterocycles.